The van der Waals surface area contributed by atoms with Crippen molar-refractivity contribution in [3.63, 3.8) is 0 Å². The number of hydrogen-bond donors (Lipinski definition) is 1. The summed E-state index contributed by atoms with van der Waals surface area (Å²) < 4.78 is 11.8. The molecule has 0 amide bonds. The van der Waals surface area contributed by atoms with E-state index in [-0.39, 0.29) is 24.0 Å². The Morgan fingerprint density at radius 2 is 2.20 bits per heavy atom. The van der Waals surface area contributed by atoms with Gasteiger partial charge in [0, 0.05) is 12.0 Å². The molecule has 1 unspecified atom stereocenters. The second-order valence-electron chi connectivity index (χ2n) is 4.38. The zero-order chi connectivity index (χ0) is 10.2. The molecule has 2 rings (SSSR count). The molecule has 15 heavy (non-hydrogen) atoms. The van der Waals surface area contributed by atoms with Gasteiger partial charge in [0.2, 0.25) is 0 Å². The minimum atomic E-state index is -0.102. The molecular formula is C10H15BrClNO2. The average molecular weight is 297 g/mol. The third-order valence-corrected chi connectivity index (χ3v) is 2.69. The van der Waals surface area contributed by atoms with E-state index < -0.39 is 0 Å². The molecule has 0 spiro atoms. The van der Waals surface area contributed by atoms with Crippen molar-refractivity contribution in [2.45, 2.75) is 20.1 Å². The number of furan rings is 1. The van der Waals surface area contributed by atoms with Crippen LogP contribution in [0.15, 0.2) is 21.2 Å². The molecule has 0 radical (unpaired) electrons. The van der Waals surface area contributed by atoms with Crippen LogP contribution in [-0.2, 0) is 4.74 Å². The zero-order valence-electron chi connectivity index (χ0n) is 8.75. The van der Waals surface area contributed by atoms with Gasteiger partial charge in [-0.1, -0.05) is 13.8 Å². The van der Waals surface area contributed by atoms with Crippen LogP contribution < -0.4 is 5.32 Å². The monoisotopic (exact) mass is 295 g/mol. The maximum Gasteiger partial charge on any atom is 0.169 e. The molecule has 5 heteroatoms. The third-order valence-electron chi connectivity index (χ3n) is 2.26. The van der Waals surface area contributed by atoms with Gasteiger partial charge in [-0.2, -0.15) is 0 Å². The van der Waals surface area contributed by atoms with Crippen LogP contribution in [0.2, 0.25) is 0 Å². The Hall–Kier alpha value is -0.0300. The highest BCUT2D eigenvalue weighted by Crippen LogP contribution is 2.28. The van der Waals surface area contributed by atoms with Gasteiger partial charge >= 0.3 is 0 Å². The highest BCUT2D eigenvalue weighted by molar-refractivity contribution is 9.10. The molecule has 1 fully saturated rings. The minimum Gasteiger partial charge on any atom is -0.450 e. The Morgan fingerprint density at radius 3 is 2.67 bits per heavy atom. The quantitative estimate of drug-likeness (QED) is 0.865. The molecule has 1 aromatic heterocycles. The van der Waals surface area contributed by atoms with Crippen molar-refractivity contribution in [1.29, 1.82) is 0 Å². The summed E-state index contributed by atoms with van der Waals surface area (Å²) in [5.74, 6) is 0.826. The Labute approximate surface area is 104 Å². The van der Waals surface area contributed by atoms with Crippen LogP contribution in [0.3, 0.4) is 0 Å². The van der Waals surface area contributed by atoms with E-state index in [1.54, 1.807) is 0 Å². The van der Waals surface area contributed by atoms with Crippen LogP contribution in [0.4, 0.5) is 0 Å². The molecule has 2 heterocycles. The maximum atomic E-state index is 5.67. The first kappa shape index (κ1) is 13.0. The lowest BCUT2D eigenvalue weighted by Gasteiger charge is -2.34. The lowest BCUT2D eigenvalue weighted by molar-refractivity contribution is -0.0690. The van der Waals surface area contributed by atoms with Crippen LogP contribution in [0.25, 0.3) is 0 Å². The molecule has 1 atom stereocenters. The molecule has 1 saturated heterocycles. The maximum absolute atomic E-state index is 5.67. The highest BCUT2D eigenvalue weighted by atomic mass is 79.9. The van der Waals surface area contributed by atoms with Crippen molar-refractivity contribution in [1.82, 2.24) is 5.32 Å². The van der Waals surface area contributed by atoms with Gasteiger partial charge < -0.3 is 9.15 Å². The smallest absolute Gasteiger partial charge is 0.169 e. The van der Waals surface area contributed by atoms with E-state index in [0.29, 0.717) is 0 Å². The number of rotatable bonds is 1. The van der Waals surface area contributed by atoms with E-state index in [9.17, 15) is 0 Å². The zero-order valence-corrected chi connectivity index (χ0v) is 11.2. The van der Waals surface area contributed by atoms with Gasteiger partial charge in [0.05, 0.1) is 6.61 Å². The molecule has 86 valence electrons. The summed E-state index contributed by atoms with van der Waals surface area (Å²) in [7, 11) is 0. The molecule has 1 N–H and O–H groups in total. The second-order valence-corrected chi connectivity index (χ2v) is 5.16. The lowest BCUT2D eigenvalue weighted by Crippen LogP contribution is -2.42. The van der Waals surface area contributed by atoms with E-state index >= 15 is 0 Å². The molecule has 3 nitrogen and oxygen atoms in total. The lowest BCUT2D eigenvalue weighted by atomic mass is 9.93. The largest absolute Gasteiger partial charge is 0.450 e. The summed E-state index contributed by atoms with van der Waals surface area (Å²) in [6.45, 7) is 6.04. The van der Waals surface area contributed by atoms with Crippen molar-refractivity contribution in [3.05, 3.63) is 22.6 Å². The molecule has 1 aromatic rings. The van der Waals surface area contributed by atoms with Gasteiger partial charge in [0.1, 0.15) is 5.76 Å². The van der Waals surface area contributed by atoms with Crippen LogP contribution in [0, 0.1) is 5.41 Å². The molecule has 0 bridgehead atoms. The number of nitrogens with one attached hydrogen (secondary N) is 1. The van der Waals surface area contributed by atoms with Gasteiger partial charge in [-0.25, -0.2) is 0 Å². The molecule has 0 saturated carbocycles. The molecule has 0 aliphatic carbocycles. The number of ether oxygens (including phenoxy) is 1. The van der Waals surface area contributed by atoms with Crippen molar-refractivity contribution < 1.29 is 9.15 Å². The van der Waals surface area contributed by atoms with Gasteiger partial charge in [0.25, 0.3) is 0 Å². The number of halogens is 2. The Bertz CT molecular complexity index is 317. The summed E-state index contributed by atoms with van der Waals surface area (Å²) in [5.41, 5.74) is 0.209. The standard InChI is InChI=1S/C10H14BrNO2.ClH/c1-10(2)5-12-9(13-6-10)7-3-4-8(11)14-7;/h3-4,9,12H,5-6H2,1-2H3;1H. The Balaban J connectivity index is 0.00000112. The molecule has 1 aliphatic rings. The van der Waals surface area contributed by atoms with Crippen molar-refractivity contribution in [3.8, 4) is 0 Å². The van der Waals surface area contributed by atoms with Crippen LogP contribution >= 0.6 is 28.3 Å². The number of hydrogen-bond acceptors (Lipinski definition) is 3. The average Bonchev–Trinajstić information content (AvgIpc) is 2.52. The van der Waals surface area contributed by atoms with Crippen molar-refractivity contribution >= 4 is 28.3 Å². The van der Waals surface area contributed by atoms with Crippen LogP contribution in [-0.4, -0.2) is 13.2 Å². The van der Waals surface area contributed by atoms with E-state index in [4.69, 9.17) is 9.15 Å². The molecule has 0 aromatic carbocycles. The topological polar surface area (TPSA) is 34.4 Å². The summed E-state index contributed by atoms with van der Waals surface area (Å²) in [6, 6.07) is 3.79. The van der Waals surface area contributed by atoms with Crippen molar-refractivity contribution in [2.24, 2.45) is 5.41 Å². The summed E-state index contributed by atoms with van der Waals surface area (Å²) in [6.07, 6.45) is -0.102. The predicted octanol–water partition coefficient (Wildman–Crippen LogP) is 3.11. The fourth-order valence-electron chi connectivity index (χ4n) is 1.44. The fraction of sp³-hybridized carbons (Fsp3) is 0.600. The van der Waals surface area contributed by atoms with Gasteiger partial charge in [0.15, 0.2) is 10.9 Å². The predicted molar refractivity (Wildman–Crippen MR) is 64.1 cm³/mol. The van der Waals surface area contributed by atoms with Gasteiger partial charge in [-0.15, -0.1) is 12.4 Å². The first-order valence-electron chi connectivity index (χ1n) is 4.67. The molecule has 1 aliphatic heterocycles. The van der Waals surface area contributed by atoms with E-state index in [1.165, 1.54) is 0 Å². The summed E-state index contributed by atoms with van der Waals surface area (Å²) in [4.78, 5) is 0. The second kappa shape index (κ2) is 4.87. The van der Waals surface area contributed by atoms with Crippen LogP contribution in [0.5, 0.6) is 0 Å². The normalized spacial score (nSPS) is 24.6. The SMILES string of the molecule is CC1(C)CNC(c2ccc(Br)o2)OC1.Cl. The highest BCUT2D eigenvalue weighted by Gasteiger charge is 2.29. The first-order chi connectivity index (χ1) is 6.57. The third kappa shape index (κ3) is 3.21. The minimum absolute atomic E-state index is 0. The van der Waals surface area contributed by atoms with Crippen molar-refractivity contribution in [2.75, 3.05) is 13.2 Å². The van der Waals surface area contributed by atoms with E-state index in [2.05, 4.69) is 35.1 Å². The van der Waals surface area contributed by atoms with E-state index in [0.717, 1.165) is 23.6 Å². The Kier molecular flexibility index (Phi) is 4.23. The summed E-state index contributed by atoms with van der Waals surface area (Å²) >= 11 is 3.27. The van der Waals surface area contributed by atoms with E-state index in [1.807, 2.05) is 12.1 Å². The fourth-order valence-corrected chi connectivity index (χ4v) is 1.76. The Morgan fingerprint density at radius 1 is 1.47 bits per heavy atom. The molecular weight excluding hydrogens is 281 g/mol. The first-order valence-corrected chi connectivity index (χ1v) is 5.46. The van der Waals surface area contributed by atoms with Gasteiger partial charge in [-0.05, 0) is 28.1 Å². The van der Waals surface area contributed by atoms with Crippen LogP contribution in [0.1, 0.15) is 25.8 Å². The summed E-state index contributed by atoms with van der Waals surface area (Å²) in [5, 5.41) is 3.30. The van der Waals surface area contributed by atoms with Gasteiger partial charge in [-0.3, -0.25) is 5.32 Å².